The number of methoxy groups -OCH3 is 1. The molecule has 2 aromatic heterocycles. The molecule has 6 heteroatoms. The molecule has 0 aliphatic rings. The van der Waals surface area contributed by atoms with Gasteiger partial charge in [-0.05, 0) is 18.1 Å². The predicted octanol–water partition coefficient (Wildman–Crippen LogP) is 3.06. The van der Waals surface area contributed by atoms with Gasteiger partial charge in [0.1, 0.15) is 10.8 Å². The van der Waals surface area contributed by atoms with Crippen LogP contribution in [0.25, 0.3) is 15.5 Å². The summed E-state index contributed by atoms with van der Waals surface area (Å²) in [5.41, 5.74) is 1.04. The van der Waals surface area contributed by atoms with Crippen molar-refractivity contribution in [1.29, 1.82) is 0 Å². The van der Waals surface area contributed by atoms with E-state index in [2.05, 4.69) is 29.1 Å². The first kappa shape index (κ1) is 13.1. The van der Waals surface area contributed by atoms with Crippen molar-refractivity contribution in [2.24, 2.45) is 5.92 Å². The molecule has 0 atom stereocenters. The molecule has 104 valence electrons. The maximum atomic E-state index is 5.25. The smallest absolute Gasteiger partial charge is 0.234 e. The molecule has 0 spiro atoms. The average molecular weight is 288 g/mol. The lowest BCUT2D eigenvalue weighted by Crippen LogP contribution is -2.01. The van der Waals surface area contributed by atoms with Crippen molar-refractivity contribution in [1.82, 2.24) is 19.8 Å². The van der Waals surface area contributed by atoms with E-state index < -0.39 is 0 Å². The molecule has 0 aliphatic heterocycles. The second-order valence-corrected chi connectivity index (χ2v) is 6.00. The molecule has 20 heavy (non-hydrogen) atoms. The number of nitrogens with zero attached hydrogens (tertiary/aromatic N) is 4. The van der Waals surface area contributed by atoms with Gasteiger partial charge in [-0.2, -0.15) is 9.61 Å². The van der Waals surface area contributed by atoms with E-state index in [9.17, 15) is 0 Å². The highest BCUT2D eigenvalue weighted by atomic mass is 32.1. The van der Waals surface area contributed by atoms with Crippen LogP contribution in [0.1, 0.15) is 19.7 Å². The summed E-state index contributed by atoms with van der Waals surface area (Å²) in [4.78, 5) is 0.832. The Morgan fingerprint density at radius 2 is 2.15 bits per heavy atom. The van der Waals surface area contributed by atoms with Crippen LogP contribution in [0.2, 0.25) is 0 Å². The van der Waals surface area contributed by atoms with Crippen molar-refractivity contribution in [3.05, 3.63) is 30.1 Å². The predicted molar refractivity (Wildman–Crippen MR) is 79.2 cm³/mol. The molecular weight excluding hydrogens is 272 g/mol. The van der Waals surface area contributed by atoms with Gasteiger partial charge in [-0.25, -0.2) is 0 Å². The van der Waals surface area contributed by atoms with Gasteiger partial charge in [0.2, 0.25) is 4.96 Å². The van der Waals surface area contributed by atoms with Crippen molar-refractivity contribution in [3.63, 3.8) is 0 Å². The molecule has 2 heterocycles. The fourth-order valence-electron chi connectivity index (χ4n) is 2.02. The summed E-state index contributed by atoms with van der Waals surface area (Å²) in [6.45, 7) is 4.33. The Balaban J connectivity index is 2.02. The van der Waals surface area contributed by atoms with E-state index in [0.717, 1.165) is 33.5 Å². The summed E-state index contributed by atoms with van der Waals surface area (Å²) in [7, 11) is 1.67. The minimum Gasteiger partial charge on any atom is -0.497 e. The van der Waals surface area contributed by atoms with Crippen LogP contribution in [0.15, 0.2) is 24.3 Å². The summed E-state index contributed by atoms with van der Waals surface area (Å²) in [5.74, 6) is 2.28. The van der Waals surface area contributed by atoms with Gasteiger partial charge < -0.3 is 4.74 Å². The Hall–Kier alpha value is -1.95. The Morgan fingerprint density at radius 3 is 2.90 bits per heavy atom. The molecule has 0 unspecified atom stereocenters. The van der Waals surface area contributed by atoms with Crippen LogP contribution >= 0.6 is 11.3 Å². The molecule has 0 bridgehead atoms. The highest BCUT2D eigenvalue weighted by molar-refractivity contribution is 7.19. The van der Waals surface area contributed by atoms with E-state index in [1.54, 1.807) is 18.4 Å². The molecule has 1 aromatic carbocycles. The highest BCUT2D eigenvalue weighted by Crippen LogP contribution is 2.28. The molecule has 5 nitrogen and oxygen atoms in total. The van der Waals surface area contributed by atoms with Gasteiger partial charge in [-0.3, -0.25) is 0 Å². The zero-order valence-electron chi connectivity index (χ0n) is 11.7. The van der Waals surface area contributed by atoms with Gasteiger partial charge in [0.25, 0.3) is 0 Å². The average Bonchev–Trinajstić information content (AvgIpc) is 3.00. The molecular formula is C14H16N4OS. The quantitative estimate of drug-likeness (QED) is 0.740. The number of ether oxygens (including phenoxy) is 1. The van der Waals surface area contributed by atoms with Crippen molar-refractivity contribution in [2.75, 3.05) is 7.11 Å². The third kappa shape index (κ3) is 2.38. The Morgan fingerprint density at radius 1 is 1.30 bits per heavy atom. The monoisotopic (exact) mass is 288 g/mol. The standard InChI is InChI=1S/C14H16N4OS/c1-9(2)7-12-15-16-14-18(12)17-13(20-14)10-5-4-6-11(8-10)19-3/h4-6,8-9H,7H2,1-3H3. The Bertz CT molecular complexity index is 732. The molecule has 0 saturated heterocycles. The Kier molecular flexibility index (Phi) is 3.40. The van der Waals surface area contributed by atoms with E-state index in [1.807, 2.05) is 28.8 Å². The number of fused-ring (bicyclic) bond motifs is 1. The maximum Gasteiger partial charge on any atom is 0.234 e. The lowest BCUT2D eigenvalue weighted by atomic mass is 10.1. The van der Waals surface area contributed by atoms with Crippen LogP contribution in [0.4, 0.5) is 0 Å². The second kappa shape index (κ2) is 5.20. The highest BCUT2D eigenvalue weighted by Gasteiger charge is 2.14. The number of rotatable bonds is 4. The first-order valence-electron chi connectivity index (χ1n) is 6.53. The van der Waals surface area contributed by atoms with E-state index in [1.165, 1.54) is 0 Å². The molecule has 0 aliphatic carbocycles. The molecule has 0 N–H and O–H groups in total. The first-order valence-corrected chi connectivity index (χ1v) is 7.34. The number of hydrogen-bond acceptors (Lipinski definition) is 5. The summed E-state index contributed by atoms with van der Waals surface area (Å²) in [5, 5.41) is 14.0. The van der Waals surface area contributed by atoms with Gasteiger partial charge >= 0.3 is 0 Å². The molecule has 0 fully saturated rings. The van der Waals surface area contributed by atoms with Crippen molar-refractivity contribution in [2.45, 2.75) is 20.3 Å². The van der Waals surface area contributed by atoms with Gasteiger partial charge in [0, 0.05) is 12.0 Å². The lowest BCUT2D eigenvalue weighted by Gasteiger charge is -2.01. The molecule has 3 aromatic rings. The van der Waals surface area contributed by atoms with Crippen LogP contribution in [-0.4, -0.2) is 26.9 Å². The summed E-state index contributed by atoms with van der Waals surface area (Å²) in [6, 6.07) is 7.89. The van der Waals surface area contributed by atoms with Crippen LogP contribution in [-0.2, 0) is 6.42 Å². The minimum atomic E-state index is 0.532. The topological polar surface area (TPSA) is 52.3 Å². The number of hydrogen-bond donors (Lipinski definition) is 0. The maximum absolute atomic E-state index is 5.25. The van der Waals surface area contributed by atoms with Gasteiger partial charge in [0.05, 0.1) is 7.11 Å². The van der Waals surface area contributed by atoms with Gasteiger partial charge in [0.15, 0.2) is 5.82 Å². The van der Waals surface area contributed by atoms with Crippen LogP contribution in [0.3, 0.4) is 0 Å². The number of benzene rings is 1. The largest absolute Gasteiger partial charge is 0.497 e. The van der Waals surface area contributed by atoms with E-state index >= 15 is 0 Å². The first-order chi connectivity index (χ1) is 9.67. The SMILES string of the molecule is COc1cccc(-c2nn3c(CC(C)C)nnc3s2)c1. The van der Waals surface area contributed by atoms with Crippen molar-refractivity contribution < 1.29 is 4.74 Å². The van der Waals surface area contributed by atoms with Crippen LogP contribution < -0.4 is 4.74 Å². The second-order valence-electron chi connectivity index (χ2n) is 5.05. The molecule has 0 amide bonds. The van der Waals surface area contributed by atoms with Gasteiger partial charge in [-0.15, -0.1) is 10.2 Å². The third-order valence-corrected chi connectivity index (χ3v) is 3.91. The van der Waals surface area contributed by atoms with E-state index in [-0.39, 0.29) is 0 Å². The van der Waals surface area contributed by atoms with Crippen molar-refractivity contribution >= 4 is 16.3 Å². The molecule has 0 radical (unpaired) electrons. The van der Waals surface area contributed by atoms with E-state index in [0.29, 0.717) is 5.92 Å². The summed E-state index contributed by atoms with van der Waals surface area (Å²) < 4.78 is 7.10. The van der Waals surface area contributed by atoms with Crippen molar-refractivity contribution in [3.8, 4) is 16.3 Å². The zero-order chi connectivity index (χ0) is 14.1. The third-order valence-electron chi connectivity index (χ3n) is 2.96. The Labute approximate surface area is 121 Å². The van der Waals surface area contributed by atoms with Gasteiger partial charge in [-0.1, -0.05) is 37.3 Å². The summed E-state index contributed by atoms with van der Waals surface area (Å²) >= 11 is 1.54. The fraction of sp³-hybridized carbons (Fsp3) is 0.357. The fourth-order valence-corrected chi connectivity index (χ4v) is 2.88. The van der Waals surface area contributed by atoms with E-state index in [4.69, 9.17) is 4.74 Å². The lowest BCUT2D eigenvalue weighted by molar-refractivity contribution is 0.415. The molecule has 3 rings (SSSR count). The minimum absolute atomic E-state index is 0.532. The zero-order valence-corrected chi connectivity index (χ0v) is 12.5. The normalized spacial score (nSPS) is 11.4. The summed E-state index contributed by atoms with van der Waals surface area (Å²) in [6.07, 6.45) is 0.877. The van der Waals surface area contributed by atoms with Crippen LogP contribution in [0, 0.1) is 5.92 Å². The molecule has 0 saturated carbocycles. The van der Waals surface area contributed by atoms with Crippen LogP contribution in [0.5, 0.6) is 5.75 Å². The number of aromatic nitrogens is 4.